The fourth-order valence-corrected chi connectivity index (χ4v) is 9.48. The van der Waals surface area contributed by atoms with Crippen molar-refractivity contribution in [2.24, 2.45) is 13.0 Å². The van der Waals surface area contributed by atoms with Crippen LogP contribution in [0, 0.1) is 12.8 Å². The zero-order valence-corrected chi connectivity index (χ0v) is 36.5. The van der Waals surface area contributed by atoms with Crippen LogP contribution in [0.2, 0.25) is 0 Å². The molecule has 2 aromatic carbocycles. The van der Waals surface area contributed by atoms with Crippen LogP contribution in [0.4, 0.5) is 11.8 Å². The molecule has 3 N–H and O–H groups in total. The maximum absolute atomic E-state index is 14.3. The van der Waals surface area contributed by atoms with Crippen molar-refractivity contribution in [2.45, 2.75) is 58.2 Å². The van der Waals surface area contributed by atoms with Gasteiger partial charge in [-0.2, -0.15) is 0 Å². The van der Waals surface area contributed by atoms with Crippen LogP contribution in [0.25, 0.3) is 44.0 Å². The lowest BCUT2D eigenvalue weighted by molar-refractivity contribution is -0.141. The van der Waals surface area contributed by atoms with Crippen LogP contribution in [0.3, 0.4) is 0 Å². The van der Waals surface area contributed by atoms with Gasteiger partial charge in [-0.15, -0.1) is 21.5 Å². The second-order valence-electron chi connectivity index (χ2n) is 16.7. The Morgan fingerprint density at radius 1 is 0.889 bits per heavy atom. The number of fused-ring (bicyclic) bond motifs is 1. The lowest BCUT2D eigenvalue weighted by Gasteiger charge is -2.36. The minimum absolute atomic E-state index is 0.0420. The summed E-state index contributed by atoms with van der Waals surface area (Å²) in [4.78, 5) is 48.8. The standard InChI is InChI=1S/C46H49N11O5S/c1-26(2)42(45(61)57-24-32(58)18-38(57)44(60)50-27(3)29-10-12-30(13-11-29)43-28(4)49-25-63-43)40-20-34(53-62-40)31-22-47-46(48-23-31)56-16-14-55(15-17-56)41-21-36-37(54(41)5)19-35(51-52-36)33-8-6-7-9-39(33)59/h6-13,19-23,25-27,32,38,42,58-59H,14-18,24H2,1-5H3,(H,50,60)/t27?,32-,38+,42?/m1/s1. The average Bonchev–Trinajstić information content (AvgIpc) is 4.11. The molecule has 0 saturated carbocycles. The first-order valence-corrected chi connectivity index (χ1v) is 22.0. The Morgan fingerprint density at radius 3 is 2.32 bits per heavy atom. The van der Waals surface area contributed by atoms with E-state index in [1.165, 1.54) is 4.90 Å². The predicted octanol–water partition coefficient (Wildman–Crippen LogP) is 6.12. The molecule has 5 aromatic heterocycles. The fourth-order valence-electron chi connectivity index (χ4n) is 8.67. The molecule has 0 spiro atoms. The highest BCUT2D eigenvalue weighted by Crippen LogP contribution is 2.35. The number of carbonyl (C=O) groups is 2. The Bertz CT molecular complexity index is 2760. The number of piperazine rings is 1. The number of β-amino-alcohol motifs (C(OH)–C–C–N with tert-alkyl or cyclic N) is 1. The summed E-state index contributed by atoms with van der Waals surface area (Å²) in [5.41, 5.74) is 8.87. The van der Waals surface area contributed by atoms with Gasteiger partial charge in [-0.05, 0) is 49.1 Å². The Kier molecular flexibility index (Phi) is 11.4. The zero-order valence-electron chi connectivity index (χ0n) is 35.7. The molecule has 2 aliphatic heterocycles. The number of nitrogens with one attached hydrogen (secondary N) is 1. The molecular weight excluding hydrogens is 819 g/mol. The number of aromatic hydroxyl groups is 1. The number of hydrogen-bond donors (Lipinski definition) is 3. The normalized spacial score (nSPS) is 17.7. The van der Waals surface area contributed by atoms with Crippen molar-refractivity contribution in [1.29, 1.82) is 0 Å². The third kappa shape index (κ3) is 8.21. The summed E-state index contributed by atoms with van der Waals surface area (Å²) in [6.07, 6.45) is 2.72. The van der Waals surface area contributed by atoms with Crippen molar-refractivity contribution < 1.29 is 24.3 Å². The number of phenols is 1. The van der Waals surface area contributed by atoms with Gasteiger partial charge in [-0.3, -0.25) is 9.59 Å². The van der Waals surface area contributed by atoms with Gasteiger partial charge in [-0.1, -0.05) is 55.4 Å². The molecule has 2 fully saturated rings. The average molecular weight is 868 g/mol. The molecule has 0 aliphatic carbocycles. The van der Waals surface area contributed by atoms with Gasteiger partial charge < -0.3 is 39.3 Å². The Labute approximate surface area is 368 Å². The quantitative estimate of drug-likeness (QED) is 0.135. The van der Waals surface area contributed by atoms with E-state index >= 15 is 0 Å². The van der Waals surface area contributed by atoms with Gasteiger partial charge in [0.15, 0.2) is 0 Å². The molecule has 63 heavy (non-hydrogen) atoms. The van der Waals surface area contributed by atoms with E-state index in [1.807, 2.05) is 88.8 Å². The van der Waals surface area contributed by atoms with Crippen LogP contribution in [-0.2, 0) is 16.6 Å². The number of para-hydroxylation sites is 1. The summed E-state index contributed by atoms with van der Waals surface area (Å²) in [6.45, 7) is 10.7. The largest absolute Gasteiger partial charge is 0.507 e. The first-order chi connectivity index (χ1) is 30.4. The van der Waals surface area contributed by atoms with Gasteiger partial charge in [0.25, 0.3) is 0 Å². The first kappa shape index (κ1) is 41.6. The van der Waals surface area contributed by atoms with E-state index in [2.05, 4.69) is 50.0 Å². The van der Waals surface area contributed by atoms with Gasteiger partial charge in [0.2, 0.25) is 17.8 Å². The lowest BCUT2D eigenvalue weighted by Crippen LogP contribution is -2.48. The monoisotopic (exact) mass is 867 g/mol. The van der Waals surface area contributed by atoms with Crippen molar-refractivity contribution in [1.82, 2.24) is 45.1 Å². The summed E-state index contributed by atoms with van der Waals surface area (Å²) in [5, 5.41) is 37.3. The van der Waals surface area contributed by atoms with Crippen LogP contribution in [0.1, 0.15) is 56.2 Å². The van der Waals surface area contributed by atoms with Crippen LogP contribution in [0.5, 0.6) is 5.75 Å². The summed E-state index contributed by atoms with van der Waals surface area (Å²) >= 11 is 1.59. The smallest absolute Gasteiger partial charge is 0.243 e. The van der Waals surface area contributed by atoms with Gasteiger partial charge in [0.05, 0.1) is 39.4 Å². The van der Waals surface area contributed by atoms with Crippen LogP contribution >= 0.6 is 11.3 Å². The number of likely N-dealkylation sites (tertiary alicyclic amines) is 1. The molecule has 2 unspecified atom stereocenters. The van der Waals surface area contributed by atoms with E-state index in [-0.39, 0.29) is 42.5 Å². The molecule has 9 rings (SSSR count). The van der Waals surface area contributed by atoms with Crippen molar-refractivity contribution in [3.63, 3.8) is 0 Å². The molecule has 17 heteroatoms. The highest BCUT2D eigenvalue weighted by Gasteiger charge is 2.43. The predicted molar refractivity (Wildman–Crippen MR) is 240 cm³/mol. The van der Waals surface area contributed by atoms with E-state index in [0.717, 1.165) is 51.6 Å². The fraction of sp³-hybridized carbons (Fsp3) is 0.348. The number of hydrogen-bond acceptors (Lipinski definition) is 14. The van der Waals surface area contributed by atoms with Crippen molar-refractivity contribution in [2.75, 3.05) is 42.5 Å². The topological polar surface area (TPSA) is 192 Å². The minimum Gasteiger partial charge on any atom is -0.507 e. The van der Waals surface area contributed by atoms with Crippen molar-refractivity contribution in [3.05, 3.63) is 102 Å². The zero-order chi connectivity index (χ0) is 43.9. The van der Waals surface area contributed by atoms with Crippen LogP contribution in [-0.4, -0.2) is 107 Å². The van der Waals surface area contributed by atoms with Crippen LogP contribution in [0.15, 0.2) is 89.2 Å². The molecule has 7 heterocycles. The molecule has 2 aliphatic rings. The summed E-state index contributed by atoms with van der Waals surface area (Å²) < 4.78 is 7.93. The molecule has 16 nitrogen and oxygen atoms in total. The number of aliphatic hydroxyl groups excluding tert-OH is 1. The number of aliphatic hydroxyl groups is 1. The summed E-state index contributed by atoms with van der Waals surface area (Å²) in [6, 6.07) is 19.7. The van der Waals surface area contributed by atoms with Gasteiger partial charge in [0, 0.05) is 81.8 Å². The molecule has 4 atom stereocenters. The molecule has 2 amide bonds. The highest BCUT2D eigenvalue weighted by atomic mass is 32.1. The molecule has 0 bridgehead atoms. The number of aryl methyl sites for hydroxylation is 2. The third-order valence-electron chi connectivity index (χ3n) is 12.2. The molecular formula is C46H49N11O5S. The summed E-state index contributed by atoms with van der Waals surface area (Å²) in [7, 11) is 2.01. The first-order valence-electron chi connectivity index (χ1n) is 21.1. The van der Waals surface area contributed by atoms with Gasteiger partial charge >= 0.3 is 0 Å². The Hall–Kier alpha value is -6.72. The van der Waals surface area contributed by atoms with Gasteiger partial charge in [0.1, 0.15) is 40.5 Å². The SMILES string of the molecule is Cc1ncsc1-c1ccc(C(C)NC(=O)[C@@H]2C[C@@H](O)CN2C(=O)C(c2cc(-c3cnc(N4CCN(c5cc6nnc(-c7ccccc7O)cc6n5C)CC4)nc3)no2)C(C)C)cc1. The van der Waals surface area contributed by atoms with E-state index < -0.39 is 18.1 Å². The minimum atomic E-state index is -0.841. The van der Waals surface area contributed by atoms with E-state index in [4.69, 9.17) is 4.52 Å². The number of nitrogens with zero attached hydrogens (tertiary/aromatic N) is 10. The van der Waals surface area contributed by atoms with Crippen molar-refractivity contribution in [3.8, 4) is 38.7 Å². The Morgan fingerprint density at radius 2 is 1.62 bits per heavy atom. The number of phenolic OH excluding ortho intramolecular Hbond substituents is 1. The number of aromatic nitrogens is 7. The number of carbonyl (C=O) groups excluding carboxylic acids is 2. The van der Waals surface area contributed by atoms with Crippen molar-refractivity contribution >= 4 is 46.0 Å². The molecule has 7 aromatic rings. The number of amides is 2. The van der Waals surface area contributed by atoms with E-state index in [0.29, 0.717) is 47.3 Å². The van der Waals surface area contributed by atoms with Gasteiger partial charge in [-0.25, -0.2) is 15.0 Å². The Balaban J connectivity index is 0.832. The highest BCUT2D eigenvalue weighted by molar-refractivity contribution is 7.13. The summed E-state index contributed by atoms with van der Waals surface area (Å²) in [5.74, 6) is 0.592. The number of benzene rings is 2. The second-order valence-corrected chi connectivity index (χ2v) is 17.5. The molecule has 324 valence electrons. The lowest BCUT2D eigenvalue weighted by atomic mass is 9.91. The number of rotatable bonds is 11. The third-order valence-corrected chi connectivity index (χ3v) is 13.2. The van der Waals surface area contributed by atoms with E-state index in [1.54, 1.807) is 41.9 Å². The maximum atomic E-state index is 14.3. The maximum Gasteiger partial charge on any atom is 0.243 e. The molecule has 0 radical (unpaired) electrons. The molecule has 2 saturated heterocycles. The van der Waals surface area contributed by atoms with E-state index in [9.17, 15) is 19.8 Å². The number of anilines is 2. The number of thiazole rings is 1. The second kappa shape index (κ2) is 17.2. The van der Waals surface area contributed by atoms with Crippen LogP contribution < -0.4 is 15.1 Å².